The summed E-state index contributed by atoms with van der Waals surface area (Å²) < 4.78 is 5.41. The Balaban J connectivity index is 2.00. The molecule has 0 fully saturated rings. The second kappa shape index (κ2) is 5.47. The number of ether oxygens (including phenoxy) is 1. The third-order valence-corrected chi connectivity index (χ3v) is 3.77. The van der Waals surface area contributed by atoms with E-state index >= 15 is 0 Å². The van der Waals surface area contributed by atoms with E-state index in [1.165, 1.54) is 0 Å². The van der Waals surface area contributed by atoms with Gasteiger partial charge >= 0.3 is 0 Å². The Labute approximate surface area is 132 Å². The molecule has 2 aromatic carbocycles. The third-order valence-electron chi connectivity index (χ3n) is 3.30. The minimum atomic E-state index is -0.149. The Morgan fingerprint density at radius 1 is 1.14 bits per heavy atom. The van der Waals surface area contributed by atoms with Crippen molar-refractivity contribution in [1.29, 1.82) is 0 Å². The van der Waals surface area contributed by atoms with Gasteiger partial charge in [-0.05, 0) is 42.0 Å². The summed E-state index contributed by atoms with van der Waals surface area (Å²) in [6, 6.07) is 10.4. The van der Waals surface area contributed by atoms with E-state index < -0.39 is 0 Å². The summed E-state index contributed by atoms with van der Waals surface area (Å²) >= 11 is 12.0. The van der Waals surface area contributed by atoms with Crippen LogP contribution in [0, 0.1) is 0 Å². The molecule has 2 aromatic rings. The molecule has 1 heterocycles. The van der Waals surface area contributed by atoms with Gasteiger partial charge in [-0.2, -0.15) is 0 Å². The number of carbonyl (C=O) groups excluding carboxylic acids is 1. The van der Waals surface area contributed by atoms with E-state index in [4.69, 9.17) is 33.7 Å². The van der Waals surface area contributed by atoms with Gasteiger partial charge in [0.1, 0.15) is 5.75 Å². The molecule has 0 spiro atoms. The lowest BCUT2D eigenvalue weighted by molar-refractivity contribution is -0.121. The summed E-state index contributed by atoms with van der Waals surface area (Å²) in [5.74, 6) is 0.476. The van der Waals surface area contributed by atoms with Crippen LogP contribution in [0.2, 0.25) is 10.0 Å². The fraction of sp³-hybridized carbons (Fsp3) is 0.133. The predicted molar refractivity (Wildman–Crippen MR) is 84.0 cm³/mol. The van der Waals surface area contributed by atoms with Crippen molar-refractivity contribution in [2.24, 2.45) is 0 Å². The summed E-state index contributed by atoms with van der Waals surface area (Å²) in [6.45, 7) is 0.316. The SMILES string of the molecule is Nc1ccc(Cl)cc1CN1C(=O)COc2ccc(Cl)cc21. The van der Waals surface area contributed by atoms with Gasteiger partial charge in [0.2, 0.25) is 0 Å². The Bertz CT molecular complexity index is 719. The van der Waals surface area contributed by atoms with Crippen molar-refractivity contribution in [2.75, 3.05) is 17.2 Å². The molecule has 0 unspecified atom stereocenters. The van der Waals surface area contributed by atoms with Gasteiger partial charge in [-0.15, -0.1) is 0 Å². The lowest BCUT2D eigenvalue weighted by Gasteiger charge is -2.30. The van der Waals surface area contributed by atoms with Crippen LogP contribution in [0.25, 0.3) is 0 Å². The molecule has 0 atom stereocenters. The smallest absolute Gasteiger partial charge is 0.265 e. The summed E-state index contributed by atoms with van der Waals surface area (Å²) in [5, 5.41) is 1.11. The molecule has 4 nitrogen and oxygen atoms in total. The minimum absolute atomic E-state index is 0.00486. The average Bonchev–Trinajstić information content (AvgIpc) is 2.46. The molecular weight excluding hydrogens is 311 g/mol. The highest BCUT2D eigenvalue weighted by Crippen LogP contribution is 2.36. The Hall–Kier alpha value is -1.91. The highest BCUT2D eigenvalue weighted by atomic mass is 35.5. The number of benzene rings is 2. The van der Waals surface area contributed by atoms with Crippen molar-refractivity contribution < 1.29 is 9.53 Å². The maximum atomic E-state index is 12.2. The molecule has 1 aliphatic rings. The van der Waals surface area contributed by atoms with E-state index in [0.717, 1.165) is 5.56 Å². The second-order valence-electron chi connectivity index (χ2n) is 4.72. The molecule has 108 valence electrons. The predicted octanol–water partition coefficient (Wildman–Crippen LogP) is 3.50. The van der Waals surface area contributed by atoms with Crippen LogP contribution in [0.1, 0.15) is 5.56 Å². The van der Waals surface area contributed by atoms with Crippen LogP contribution in [0.4, 0.5) is 11.4 Å². The van der Waals surface area contributed by atoms with Crippen molar-refractivity contribution in [2.45, 2.75) is 6.54 Å². The van der Waals surface area contributed by atoms with Crippen molar-refractivity contribution in [1.82, 2.24) is 0 Å². The van der Waals surface area contributed by atoms with Crippen LogP contribution < -0.4 is 15.4 Å². The fourth-order valence-corrected chi connectivity index (χ4v) is 2.59. The van der Waals surface area contributed by atoms with Crippen molar-refractivity contribution in [3.8, 4) is 5.75 Å². The number of fused-ring (bicyclic) bond motifs is 1. The van der Waals surface area contributed by atoms with Crippen LogP contribution >= 0.6 is 23.2 Å². The van der Waals surface area contributed by atoms with Gasteiger partial charge in [-0.25, -0.2) is 0 Å². The van der Waals surface area contributed by atoms with E-state index in [9.17, 15) is 4.79 Å². The first-order chi connectivity index (χ1) is 10.0. The van der Waals surface area contributed by atoms with Gasteiger partial charge in [0.05, 0.1) is 12.2 Å². The van der Waals surface area contributed by atoms with Crippen molar-refractivity contribution in [3.05, 3.63) is 52.0 Å². The van der Waals surface area contributed by atoms with Crippen LogP contribution in [0.3, 0.4) is 0 Å². The van der Waals surface area contributed by atoms with Gasteiger partial charge in [0.15, 0.2) is 6.61 Å². The molecule has 6 heteroatoms. The molecule has 3 rings (SSSR count). The maximum absolute atomic E-state index is 12.2. The lowest BCUT2D eigenvalue weighted by Crippen LogP contribution is -2.38. The number of nitrogen functional groups attached to an aromatic ring is 1. The molecule has 0 aromatic heterocycles. The lowest BCUT2D eigenvalue weighted by atomic mass is 10.1. The van der Waals surface area contributed by atoms with Crippen molar-refractivity contribution in [3.63, 3.8) is 0 Å². The Morgan fingerprint density at radius 2 is 1.86 bits per heavy atom. The zero-order chi connectivity index (χ0) is 15.0. The van der Waals surface area contributed by atoms with E-state index in [1.807, 2.05) is 0 Å². The first-order valence-electron chi connectivity index (χ1n) is 6.31. The standard InChI is InChI=1S/C15H12Cl2N2O2/c16-10-1-3-12(18)9(5-10)7-19-13-6-11(17)2-4-14(13)21-8-15(19)20/h1-6H,7-8,18H2. The molecule has 0 radical (unpaired) electrons. The molecule has 0 aliphatic carbocycles. The van der Waals surface area contributed by atoms with Crippen LogP contribution in [0.5, 0.6) is 5.75 Å². The number of carbonyl (C=O) groups is 1. The van der Waals surface area contributed by atoms with Crippen molar-refractivity contribution >= 4 is 40.5 Å². The number of amides is 1. The van der Waals surface area contributed by atoms with Gasteiger partial charge in [0, 0.05) is 15.7 Å². The van der Waals surface area contributed by atoms with E-state index in [1.54, 1.807) is 41.3 Å². The summed E-state index contributed by atoms with van der Waals surface area (Å²) in [4.78, 5) is 13.8. The topological polar surface area (TPSA) is 55.6 Å². The van der Waals surface area contributed by atoms with E-state index in [-0.39, 0.29) is 12.5 Å². The zero-order valence-corrected chi connectivity index (χ0v) is 12.5. The average molecular weight is 323 g/mol. The second-order valence-corrected chi connectivity index (χ2v) is 5.60. The number of halogens is 2. The van der Waals surface area contributed by atoms with Gasteiger partial charge < -0.3 is 15.4 Å². The normalized spacial score (nSPS) is 13.8. The van der Waals surface area contributed by atoms with Gasteiger partial charge in [0.25, 0.3) is 5.91 Å². The number of nitrogens with two attached hydrogens (primary N) is 1. The molecule has 21 heavy (non-hydrogen) atoms. The number of hydrogen-bond donors (Lipinski definition) is 1. The maximum Gasteiger partial charge on any atom is 0.265 e. The summed E-state index contributed by atoms with van der Waals surface area (Å²) in [5.41, 5.74) is 7.95. The zero-order valence-electron chi connectivity index (χ0n) is 11.0. The number of anilines is 2. The fourth-order valence-electron chi connectivity index (χ4n) is 2.23. The summed E-state index contributed by atoms with van der Waals surface area (Å²) in [6.07, 6.45) is 0. The largest absolute Gasteiger partial charge is 0.482 e. The monoisotopic (exact) mass is 322 g/mol. The van der Waals surface area contributed by atoms with Gasteiger partial charge in [-0.1, -0.05) is 23.2 Å². The van der Waals surface area contributed by atoms with Crippen LogP contribution in [-0.2, 0) is 11.3 Å². The quantitative estimate of drug-likeness (QED) is 0.861. The van der Waals surface area contributed by atoms with Gasteiger partial charge in [-0.3, -0.25) is 4.79 Å². The van der Waals surface area contributed by atoms with E-state index in [2.05, 4.69) is 0 Å². The minimum Gasteiger partial charge on any atom is -0.482 e. The molecule has 1 amide bonds. The number of rotatable bonds is 2. The molecule has 0 saturated carbocycles. The number of hydrogen-bond acceptors (Lipinski definition) is 3. The first-order valence-corrected chi connectivity index (χ1v) is 7.07. The molecule has 1 aliphatic heterocycles. The first kappa shape index (κ1) is 14.0. The van der Waals surface area contributed by atoms with Crippen LogP contribution in [0.15, 0.2) is 36.4 Å². The number of nitrogens with zero attached hydrogens (tertiary/aromatic N) is 1. The highest BCUT2D eigenvalue weighted by molar-refractivity contribution is 6.31. The molecule has 0 saturated heterocycles. The highest BCUT2D eigenvalue weighted by Gasteiger charge is 2.26. The molecular formula is C15H12Cl2N2O2. The van der Waals surface area contributed by atoms with E-state index in [0.29, 0.717) is 33.7 Å². The Morgan fingerprint density at radius 3 is 2.67 bits per heavy atom. The molecule has 0 bridgehead atoms. The summed E-state index contributed by atoms with van der Waals surface area (Å²) in [7, 11) is 0. The molecule has 2 N–H and O–H groups in total. The van der Waals surface area contributed by atoms with Crippen LogP contribution in [-0.4, -0.2) is 12.5 Å². The Kier molecular flexibility index (Phi) is 3.66. The third kappa shape index (κ3) is 2.77.